The van der Waals surface area contributed by atoms with Gasteiger partial charge in [0.15, 0.2) is 0 Å². The van der Waals surface area contributed by atoms with Crippen molar-refractivity contribution in [3.05, 3.63) is 124 Å². The number of halogens is 1. The van der Waals surface area contributed by atoms with Crippen LogP contribution in [-0.2, 0) is 41.3 Å². The van der Waals surface area contributed by atoms with Gasteiger partial charge in [-0.3, -0.25) is 0 Å². The predicted molar refractivity (Wildman–Crippen MR) is 222 cm³/mol. The Bertz CT molecular complexity index is 1890. The molecule has 56 heavy (non-hydrogen) atoms. The van der Waals surface area contributed by atoms with Gasteiger partial charge in [0.25, 0.3) is 0 Å². The van der Waals surface area contributed by atoms with Crippen LogP contribution in [0.5, 0.6) is 11.5 Å². The van der Waals surface area contributed by atoms with Crippen LogP contribution in [0.4, 0.5) is 0 Å². The maximum absolute atomic E-state index is 12.4. The van der Waals surface area contributed by atoms with Gasteiger partial charge in [-0.1, -0.05) is 66.7 Å². The van der Waals surface area contributed by atoms with Crippen molar-refractivity contribution in [2.24, 2.45) is 0 Å². The zero-order chi connectivity index (χ0) is 41.3. The van der Waals surface area contributed by atoms with E-state index in [9.17, 15) is 9.59 Å². The Balaban J connectivity index is 0.000000207. The van der Waals surface area contributed by atoms with E-state index in [1.54, 1.807) is 50.6 Å². The molecule has 6 rings (SSSR count). The number of methoxy groups -OCH3 is 2. The normalized spacial score (nSPS) is 17.1. The topological polar surface area (TPSA) is 108 Å². The fourth-order valence-corrected chi connectivity index (χ4v) is 5.95. The molecular weight excluding hydrogens is 778 g/mol. The largest absolute Gasteiger partial charge is 0.498 e. The van der Waals surface area contributed by atoms with E-state index in [0.29, 0.717) is 22.6 Å². The molecule has 0 amide bonds. The summed E-state index contributed by atoms with van der Waals surface area (Å²) in [4.78, 5) is 24.3. The quantitative estimate of drug-likeness (QED) is 0.120. The molecule has 0 atom stereocenters. The van der Waals surface area contributed by atoms with E-state index >= 15 is 0 Å². The average molecular weight is 831 g/mol. The van der Waals surface area contributed by atoms with Crippen molar-refractivity contribution in [2.75, 3.05) is 14.2 Å². The van der Waals surface area contributed by atoms with E-state index in [0.717, 1.165) is 21.1 Å². The van der Waals surface area contributed by atoms with Crippen molar-refractivity contribution in [1.82, 2.24) is 0 Å². The van der Waals surface area contributed by atoms with Crippen LogP contribution in [0.3, 0.4) is 0 Å². The Morgan fingerprint density at radius 1 is 0.571 bits per heavy atom. The van der Waals surface area contributed by atoms with Crippen molar-refractivity contribution in [2.45, 2.75) is 97.8 Å². The Hall–Kier alpha value is -4.13. The lowest BCUT2D eigenvalue weighted by molar-refractivity contribution is 0.00578. The molecule has 2 saturated heterocycles. The van der Waals surface area contributed by atoms with Crippen LogP contribution in [0, 0.1) is 0 Å². The highest BCUT2D eigenvalue weighted by Crippen LogP contribution is 2.38. The molecule has 4 aromatic rings. The molecule has 0 bridgehead atoms. The van der Waals surface area contributed by atoms with Crippen molar-refractivity contribution < 1.29 is 47.2 Å². The first kappa shape index (κ1) is 44.6. The van der Waals surface area contributed by atoms with Gasteiger partial charge in [0, 0.05) is 5.46 Å². The third-order valence-electron chi connectivity index (χ3n) is 10.2. The molecule has 0 aromatic heterocycles. The molecule has 0 N–H and O–H groups in total. The molecule has 13 heteroatoms. The van der Waals surface area contributed by atoms with Crippen LogP contribution in [0.2, 0.25) is 6.82 Å². The first-order valence-corrected chi connectivity index (χ1v) is 19.2. The minimum absolute atomic E-state index is 0.0648. The maximum atomic E-state index is 12.4. The summed E-state index contributed by atoms with van der Waals surface area (Å²) >= 11 is 3.34. The monoisotopic (exact) mass is 830 g/mol. The molecule has 0 saturated carbocycles. The third-order valence-corrected chi connectivity index (χ3v) is 10.8. The Labute approximate surface area is 340 Å². The molecule has 0 radical (unpaired) electrons. The van der Waals surface area contributed by atoms with Gasteiger partial charge in [-0.05, 0) is 120 Å². The molecule has 0 spiro atoms. The smallest absolute Gasteiger partial charge is 0.497 e. The van der Waals surface area contributed by atoms with Crippen LogP contribution < -0.4 is 14.9 Å². The number of benzene rings is 4. The number of ether oxygens (including phenoxy) is 4. The van der Waals surface area contributed by atoms with E-state index in [4.69, 9.17) is 37.6 Å². The van der Waals surface area contributed by atoms with Crippen LogP contribution in [0.15, 0.2) is 102 Å². The lowest BCUT2D eigenvalue weighted by Gasteiger charge is -2.32. The first-order chi connectivity index (χ1) is 26.3. The summed E-state index contributed by atoms with van der Waals surface area (Å²) in [5, 5.41) is 0. The zero-order valence-electron chi connectivity index (χ0n) is 34.3. The molecule has 298 valence electrons. The first-order valence-electron chi connectivity index (χ1n) is 18.4. The van der Waals surface area contributed by atoms with Crippen LogP contribution in [0.25, 0.3) is 0 Å². The molecular formula is C43H53B2BrO10. The van der Waals surface area contributed by atoms with Gasteiger partial charge in [-0.25, -0.2) is 9.59 Å². The average Bonchev–Trinajstić information content (AvgIpc) is 3.50. The SMILES string of the molecule is CB1OC(C)(C)C(C)(C)O1.COc1cc(C(=O)OCc2ccccc2)ccc1B1OC(C)(C)C(C)(C)O1.COc1cc(C(=O)OCc2ccccc2)ccc1Br. The minimum Gasteiger partial charge on any atom is -0.497 e. The molecule has 0 aliphatic carbocycles. The molecule has 2 fully saturated rings. The number of carbonyl (C=O) groups excluding carboxylic acids is 2. The molecule has 2 heterocycles. The second-order valence-corrected chi connectivity index (χ2v) is 16.2. The highest BCUT2D eigenvalue weighted by molar-refractivity contribution is 9.10. The minimum atomic E-state index is -0.556. The molecule has 0 unspecified atom stereocenters. The summed E-state index contributed by atoms with van der Waals surface area (Å²) in [6.07, 6.45) is 0. The number of hydrogen-bond acceptors (Lipinski definition) is 10. The van der Waals surface area contributed by atoms with E-state index < -0.39 is 24.3 Å². The standard InChI is InChI=1S/C21H25BO5.C15H13BrO3.C7H15BO2/c1-20(2)21(3,4)27-22(26-20)17-12-11-16(13-18(17)24-5)19(23)25-14-15-9-7-6-8-10-15;1-18-14-9-12(7-8-13(14)16)15(17)19-10-11-5-3-2-4-6-11;1-6(2)7(3,4)10-8(5)9-6/h6-13H,14H2,1-5H3;2-9H,10H2,1H3;1-5H3. The van der Waals surface area contributed by atoms with Crippen LogP contribution in [-0.4, -0.2) is 62.8 Å². The predicted octanol–water partition coefficient (Wildman–Crippen LogP) is 8.87. The Morgan fingerprint density at radius 3 is 1.36 bits per heavy atom. The summed E-state index contributed by atoms with van der Waals surface area (Å²) in [5.74, 6) is 0.365. The van der Waals surface area contributed by atoms with Gasteiger partial charge in [0.05, 0.1) is 52.2 Å². The van der Waals surface area contributed by atoms with Crippen molar-refractivity contribution in [1.29, 1.82) is 0 Å². The second kappa shape index (κ2) is 18.9. The summed E-state index contributed by atoms with van der Waals surface area (Å²) in [5.41, 5.74) is 2.31. The molecule has 10 nitrogen and oxygen atoms in total. The summed E-state index contributed by atoms with van der Waals surface area (Å²) < 4.78 is 45.3. The number of esters is 2. The summed E-state index contributed by atoms with van der Waals surface area (Å²) in [7, 11) is 2.49. The highest BCUT2D eigenvalue weighted by atomic mass is 79.9. The van der Waals surface area contributed by atoms with Crippen molar-refractivity contribution in [3.63, 3.8) is 0 Å². The fraction of sp³-hybridized carbons (Fsp3) is 0.395. The Morgan fingerprint density at radius 2 is 0.964 bits per heavy atom. The highest BCUT2D eigenvalue weighted by Gasteiger charge is 2.52. The zero-order valence-corrected chi connectivity index (χ0v) is 35.9. The number of hydrogen-bond donors (Lipinski definition) is 0. The van der Waals surface area contributed by atoms with Gasteiger partial charge in [-0.2, -0.15) is 0 Å². The van der Waals surface area contributed by atoms with Gasteiger partial charge >= 0.3 is 26.2 Å². The van der Waals surface area contributed by atoms with Gasteiger partial charge in [0.2, 0.25) is 0 Å². The number of rotatable bonds is 9. The van der Waals surface area contributed by atoms with Crippen LogP contribution in [0.1, 0.15) is 87.2 Å². The van der Waals surface area contributed by atoms with E-state index in [1.165, 1.54) is 0 Å². The van der Waals surface area contributed by atoms with E-state index in [2.05, 4.69) is 43.6 Å². The maximum Gasteiger partial charge on any atom is 0.498 e. The van der Waals surface area contributed by atoms with E-state index in [-0.39, 0.29) is 37.5 Å². The number of carbonyl (C=O) groups is 2. The molecule has 2 aliphatic rings. The summed E-state index contributed by atoms with van der Waals surface area (Å²) in [6.45, 7) is 18.6. The van der Waals surface area contributed by atoms with Crippen molar-refractivity contribution in [3.8, 4) is 11.5 Å². The molecule has 2 aliphatic heterocycles. The summed E-state index contributed by atoms with van der Waals surface area (Å²) in [6, 6.07) is 29.4. The van der Waals surface area contributed by atoms with E-state index in [1.807, 2.05) is 95.2 Å². The lowest BCUT2D eigenvalue weighted by Crippen LogP contribution is -2.41. The van der Waals surface area contributed by atoms with Gasteiger partial charge in [0.1, 0.15) is 24.7 Å². The van der Waals surface area contributed by atoms with Gasteiger partial charge < -0.3 is 37.6 Å². The fourth-order valence-electron chi connectivity index (χ4n) is 5.54. The lowest BCUT2D eigenvalue weighted by atomic mass is 9.78. The van der Waals surface area contributed by atoms with Gasteiger partial charge in [-0.15, -0.1) is 0 Å². The molecule has 4 aromatic carbocycles. The van der Waals surface area contributed by atoms with Crippen LogP contribution >= 0.6 is 15.9 Å². The third kappa shape index (κ3) is 11.5. The van der Waals surface area contributed by atoms with Crippen molar-refractivity contribution >= 4 is 47.6 Å². The second-order valence-electron chi connectivity index (χ2n) is 15.3. The Kier molecular flexibility index (Phi) is 15.0.